The Morgan fingerprint density at radius 2 is 2.00 bits per heavy atom. The first-order valence-electron chi connectivity index (χ1n) is 7.63. The predicted octanol–water partition coefficient (Wildman–Crippen LogP) is 0.744. The first-order chi connectivity index (χ1) is 11.3. The van der Waals surface area contributed by atoms with Crippen LogP contribution in [0.3, 0.4) is 0 Å². The Kier molecular flexibility index (Phi) is 4.82. The highest BCUT2D eigenvalue weighted by Crippen LogP contribution is 2.15. The van der Waals surface area contributed by atoms with Gasteiger partial charge in [-0.2, -0.15) is 0 Å². The molecule has 23 heavy (non-hydrogen) atoms. The number of nitrogens with zero attached hydrogens (tertiary/aromatic N) is 5. The van der Waals surface area contributed by atoms with Crippen LogP contribution in [0.5, 0.6) is 5.75 Å². The molecule has 0 atom stereocenters. The van der Waals surface area contributed by atoms with Gasteiger partial charge in [0.05, 0.1) is 13.2 Å². The molecule has 0 aliphatic carbocycles. The second kappa shape index (κ2) is 7.19. The van der Waals surface area contributed by atoms with Crippen molar-refractivity contribution in [3.05, 3.63) is 35.7 Å². The third-order valence-corrected chi connectivity index (χ3v) is 3.67. The molecule has 0 saturated carbocycles. The van der Waals surface area contributed by atoms with Gasteiger partial charge in [-0.15, -0.1) is 5.10 Å². The van der Waals surface area contributed by atoms with Crippen LogP contribution in [0.25, 0.3) is 0 Å². The molecule has 0 radical (unpaired) electrons. The SMILES string of the molecule is CCn1nnnc1COc1ccc(C(=O)N2CCOCC2)cc1. The topological polar surface area (TPSA) is 82.4 Å². The van der Waals surface area contributed by atoms with Crippen molar-refractivity contribution in [2.45, 2.75) is 20.1 Å². The van der Waals surface area contributed by atoms with Crippen molar-refractivity contribution in [3.63, 3.8) is 0 Å². The molecule has 0 N–H and O–H groups in total. The summed E-state index contributed by atoms with van der Waals surface area (Å²) in [6, 6.07) is 7.12. The van der Waals surface area contributed by atoms with E-state index in [4.69, 9.17) is 9.47 Å². The van der Waals surface area contributed by atoms with Gasteiger partial charge in [-0.3, -0.25) is 4.79 Å². The van der Waals surface area contributed by atoms with Crippen molar-refractivity contribution < 1.29 is 14.3 Å². The first kappa shape index (κ1) is 15.4. The minimum Gasteiger partial charge on any atom is -0.486 e. The number of aromatic nitrogens is 4. The molecule has 1 aromatic heterocycles. The van der Waals surface area contributed by atoms with Gasteiger partial charge in [-0.05, 0) is 41.6 Å². The zero-order chi connectivity index (χ0) is 16.1. The summed E-state index contributed by atoms with van der Waals surface area (Å²) in [5, 5.41) is 11.4. The van der Waals surface area contributed by atoms with E-state index in [2.05, 4.69) is 15.5 Å². The Morgan fingerprint density at radius 1 is 1.26 bits per heavy atom. The lowest BCUT2D eigenvalue weighted by Gasteiger charge is -2.26. The van der Waals surface area contributed by atoms with Gasteiger partial charge >= 0.3 is 0 Å². The van der Waals surface area contributed by atoms with Crippen LogP contribution in [0.2, 0.25) is 0 Å². The third-order valence-electron chi connectivity index (χ3n) is 3.67. The van der Waals surface area contributed by atoms with Crippen molar-refractivity contribution in [1.29, 1.82) is 0 Å². The lowest BCUT2D eigenvalue weighted by Crippen LogP contribution is -2.40. The number of amides is 1. The molecular formula is C15H19N5O3. The monoisotopic (exact) mass is 317 g/mol. The molecule has 1 aromatic carbocycles. The summed E-state index contributed by atoms with van der Waals surface area (Å²) in [5.74, 6) is 1.37. The molecule has 122 valence electrons. The molecule has 1 aliphatic heterocycles. The number of rotatable bonds is 5. The Labute approximate surface area is 134 Å². The summed E-state index contributed by atoms with van der Waals surface area (Å²) in [6.07, 6.45) is 0. The molecule has 8 nitrogen and oxygen atoms in total. The summed E-state index contributed by atoms with van der Waals surface area (Å²) in [5.41, 5.74) is 0.651. The van der Waals surface area contributed by atoms with E-state index in [0.717, 1.165) is 0 Å². The van der Waals surface area contributed by atoms with Crippen LogP contribution in [-0.4, -0.2) is 57.3 Å². The molecule has 3 rings (SSSR count). The second-order valence-corrected chi connectivity index (χ2v) is 5.13. The molecule has 1 amide bonds. The Balaban J connectivity index is 1.59. The molecule has 1 fully saturated rings. The van der Waals surface area contributed by atoms with E-state index in [1.54, 1.807) is 33.8 Å². The van der Waals surface area contributed by atoms with Crippen LogP contribution in [0.4, 0.5) is 0 Å². The predicted molar refractivity (Wildman–Crippen MR) is 81.0 cm³/mol. The van der Waals surface area contributed by atoms with Crippen LogP contribution in [0, 0.1) is 0 Å². The number of carbonyl (C=O) groups is 1. The fourth-order valence-corrected chi connectivity index (χ4v) is 2.36. The maximum Gasteiger partial charge on any atom is 0.254 e. The lowest BCUT2D eigenvalue weighted by molar-refractivity contribution is 0.0303. The number of benzene rings is 1. The van der Waals surface area contributed by atoms with E-state index >= 15 is 0 Å². The number of tetrazole rings is 1. The maximum atomic E-state index is 12.3. The van der Waals surface area contributed by atoms with Crippen molar-refractivity contribution in [1.82, 2.24) is 25.1 Å². The standard InChI is InChI=1S/C15H19N5O3/c1-2-20-14(16-17-18-20)11-23-13-5-3-12(4-6-13)15(21)19-7-9-22-10-8-19/h3-6H,2,7-11H2,1H3. The number of ether oxygens (including phenoxy) is 2. The number of hydrogen-bond acceptors (Lipinski definition) is 6. The van der Waals surface area contributed by atoms with E-state index in [9.17, 15) is 4.79 Å². The quantitative estimate of drug-likeness (QED) is 0.809. The van der Waals surface area contributed by atoms with Gasteiger partial charge in [-0.1, -0.05) is 0 Å². The second-order valence-electron chi connectivity index (χ2n) is 5.13. The van der Waals surface area contributed by atoms with E-state index in [0.29, 0.717) is 50.0 Å². The molecule has 1 saturated heterocycles. The zero-order valence-corrected chi connectivity index (χ0v) is 13.0. The van der Waals surface area contributed by atoms with Crippen LogP contribution >= 0.6 is 0 Å². The molecule has 0 unspecified atom stereocenters. The van der Waals surface area contributed by atoms with Gasteiger partial charge in [-0.25, -0.2) is 4.68 Å². The maximum absolute atomic E-state index is 12.3. The highest BCUT2D eigenvalue weighted by molar-refractivity contribution is 5.94. The highest BCUT2D eigenvalue weighted by atomic mass is 16.5. The van der Waals surface area contributed by atoms with Gasteiger partial charge in [0, 0.05) is 25.2 Å². The smallest absolute Gasteiger partial charge is 0.254 e. The third kappa shape index (κ3) is 3.65. The van der Waals surface area contributed by atoms with Crippen molar-refractivity contribution in [2.75, 3.05) is 26.3 Å². The average molecular weight is 317 g/mol. The summed E-state index contributed by atoms with van der Waals surface area (Å²) in [7, 11) is 0. The average Bonchev–Trinajstić information content (AvgIpc) is 3.08. The summed E-state index contributed by atoms with van der Waals surface area (Å²) in [4.78, 5) is 14.1. The number of carbonyl (C=O) groups excluding carboxylic acids is 1. The fraction of sp³-hybridized carbons (Fsp3) is 0.467. The molecule has 2 aromatic rings. The van der Waals surface area contributed by atoms with Crippen molar-refractivity contribution >= 4 is 5.91 Å². The van der Waals surface area contributed by atoms with E-state index < -0.39 is 0 Å². The molecular weight excluding hydrogens is 298 g/mol. The Hall–Kier alpha value is -2.48. The summed E-state index contributed by atoms with van der Waals surface area (Å²) < 4.78 is 12.6. The number of hydrogen-bond donors (Lipinski definition) is 0. The Morgan fingerprint density at radius 3 is 2.70 bits per heavy atom. The van der Waals surface area contributed by atoms with Gasteiger partial charge in [0.25, 0.3) is 5.91 Å². The largest absolute Gasteiger partial charge is 0.486 e. The summed E-state index contributed by atoms with van der Waals surface area (Å²) in [6.45, 7) is 5.41. The minimum atomic E-state index is 0.0229. The van der Waals surface area contributed by atoms with E-state index in [1.807, 2.05) is 6.92 Å². The van der Waals surface area contributed by atoms with E-state index in [1.165, 1.54) is 0 Å². The number of morpholine rings is 1. The lowest BCUT2D eigenvalue weighted by atomic mass is 10.2. The molecule has 1 aliphatic rings. The molecule has 8 heteroatoms. The minimum absolute atomic E-state index is 0.0229. The molecule has 2 heterocycles. The van der Waals surface area contributed by atoms with Crippen LogP contribution < -0.4 is 4.74 Å². The van der Waals surface area contributed by atoms with Gasteiger partial charge in [0.1, 0.15) is 12.4 Å². The molecule has 0 spiro atoms. The Bertz CT molecular complexity index is 649. The highest BCUT2D eigenvalue weighted by Gasteiger charge is 2.18. The van der Waals surface area contributed by atoms with Crippen LogP contribution in [0.15, 0.2) is 24.3 Å². The van der Waals surface area contributed by atoms with Gasteiger partial charge in [0.15, 0.2) is 5.82 Å². The molecule has 0 bridgehead atoms. The fourth-order valence-electron chi connectivity index (χ4n) is 2.36. The van der Waals surface area contributed by atoms with Crippen molar-refractivity contribution in [2.24, 2.45) is 0 Å². The van der Waals surface area contributed by atoms with Gasteiger partial charge < -0.3 is 14.4 Å². The first-order valence-corrected chi connectivity index (χ1v) is 7.63. The zero-order valence-electron chi connectivity index (χ0n) is 13.0. The van der Waals surface area contributed by atoms with Crippen LogP contribution in [-0.2, 0) is 17.9 Å². The van der Waals surface area contributed by atoms with Crippen LogP contribution in [0.1, 0.15) is 23.1 Å². The summed E-state index contributed by atoms with van der Waals surface area (Å²) >= 11 is 0. The van der Waals surface area contributed by atoms with Gasteiger partial charge in [0.2, 0.25) is 0 Å². The normalized spacial score (nSPS) is 14.7. The van der Waals surface area contributed by atoms with E-state index in [-0.39, 0.29) is 12.5 Å². The number of aryl methyl sites for hydroxylation is 1. The van der Waals surface area contributed by atoms with Crippen molar-refractivity contribution in [3.8, 4) is 5.75 Å².